The van der Waals surface area contributed by atoms with Gasteiger partial charge in [-0.05, 0) is 18.2 Å². The van der Waals surface area contributed by atoms with Crippen molar-refractivity contribution in [1.82, 2.24) is 15.5 Å². The third kappa shape index (κ3) is 2.54. The molecule has 1 aromatic carbocycles. The normalized spacial score (nSPS) is 10.1. The minimum absolute atomic E-state index is 0.0963. The van der Waals surface area contributed by atoms with Gasteiger partial charge in [0.1, 0.15) is 5.75 Å². The quantitative estimate of drug-likeness (QED) is 0.460. The number of hydrogen-bond acceptors (Lipinski definition) is 4. The average Bonchev–Trinajstić information content (AvgIpc) is 2.82. The number of nitrogens with two attached hydrogens (primary N) is 1. The summed E-state index contributed by atoms with van der Waals surface area (Å²) >= 11 is 0. The number of amides is 1. The van der Waals surface area contributed by atoms with Crippen LogP contribution >= 0.6 is 0 Å². The second kappa shape index (κ2) is 4.56. The summed E-state index contributed by atoms with van der Waals surface area (Å²) in [5, 5.41) is 18.5. The number of hydrogen-bond donors (Lipinski definition) is 4. The molecule has 1 aromatic heterocycles. The van der Waals surface area contributed by atoms with Gasteiger partial charge in [-0.1, -0.05) is 0 Å². The Hall–Kier alpha value is -2.50. The van der Waals surface area contributed by atoms with Gasteiger partial charge in [0.05, 0.1) is 11.9 Å². The van der Waals surface area contributed by atoms with E-state index in [0.717, 1.165) is 5.56 Å². The van der Waals surface area contributed by atoms with Crippen LogP contribution in [-0.4, -0.2) is 21.2 Å². The largest absolute Gasteiger partial charge is 0.506 e. The van der Waals surface area contributed by atoms with E-state index < -0.39 is 0 Å². The standard InChI is InChI=1S/C11H12N4O2/c12-9-2-1-8(3-10(9)16)11(17)13-4-7-5-14-15-6-7/h1-3,5-6,16H,4,12H2,(H,13,17)(H,14,15). The van der Waals surface area contributed by atoms with Crippen LogP contribution < -0.4 is 11.1 Å². The Morgan fingerprint density at radius 1 is 1.53 bits per heavy atom. The number of aromatic hydroxyl groups is 1. The number of nitrogens with one attached hydrogen (secondary N) is 2. The molecular formula is C11H12N4O2. The molecule has 0 aliphatic carbocycles. The summed E-state index contributed by atoms with van der Waals surface area (Å²) in [6.07, 6.45) is 3.32. The highest BCUT2D eigenvalue weighted by molar-refractivity contribution is 5.95. The Bertz CT molecular complexity index is 522. The first kappa shape index (κ1) is 11.0. The van der Waals surface area contributed by atoms with Gasteiger partial charge in [0, 0.05) is 23.9 Å². The van der Waals surface area contributed by atoms with Crippen LogP contribution in [0.25, 0.3) is 0 Å². The molecule has 0 aliphatic rings. The number of nitrogen functional groups attached to an aromatic ring is 1. The second-order valence-corrected chi connectivity index (χ2v) is 3.56. The zero-order valence-electron chi connectivity index (χ0n) is 8.97. The molecule has 0 radical (unpaired) electrons. The Balaban J connectivity index is 2.02. The van der Waals surface area contributed by atoms with E-state index in [-0.39, 0.29) is 17.3 Å². The number of phenolic OH excluding ortho intramolecular Hbond substituents is 1. The number of H-pyrrole nitrogens is 1. The first-order valence-electron chi connectivity index (χ1n) is 5.01. The molecule has 1 amide bonds. The second-order valence-electron chi connectivity index (χ2n) is 3.56. The number of benzene rings is 1. The fraction of sp³-hybridized carbons (Fsp3) is 0.0909. The summed E-state index contributed by atoms with van der Waals surface area (Å²) in [5.41, 5.74) is 6.93. The van der Waals surface area contributed by atoms with E-state index in [9.17, 15) is 9.90 Å². The van der Waals surface area contributed by atoms with Gasteiger partial charge in [0.25, 0.3) is 5.91 Å². The molecule has 0 saturated carbocycles. The summed E-state index contributed by atoms with van der Waals surface area (Å²) in [5.74, 6) is -0.373. The predicted molar refractivity (Wildman–Crippen MR) is 62.3 cm³/mol. The molecule has 6 nitrogen and oxygen atoms in total. The van der Waals surface area contributed by atoms with Crippen LogP contribution in [0.4, 0.5) is 5.69 Å². The van der Waals surface area contributed by atoms with Crippen molar-refractivity contribution in [2.45, 2.75) is 6.54 Å². The van der Waals surface area contributed by atoms with E-state index in [4.69, 9.17) is 5.73 Å². The molecule has 0 spiro atoms. The van der Waals surface area contributed by atoms with Crippen molar-refractivity contribution in [3.05, 3.63) is 41.7 Å². The van der Waals surface area contributed by atoms with Crippen LogP contribution in [0, 0.1) is 0 Å². The monoisotopic (exact) mass is 232 g/mol. The first-order valence-corrected chi connectivity index (χ1v) is 5.01. The summed E-state index contributed by atoms with van der Waals surface area (Å²) in [4.78, 5) is 11.7. The van der Waals surface area contributed by atoms with E-state index >= 15 is 0 Å². The van der Waals surface area contributed by atoms with Gasteiger partial charge in [0.15, 0.2) is 0 Å². The zero-order valence-corrected chi connectivity index (χ0v) is 8.97. The Morgan fingerprint density at radius 3 is 3.00 bits per heavy atom. The molecule has 1 heterocycles. The number of aromatic amines is 1. The van der Waals surface area contributed by atoms with Crippen LogP contribution in [0.5, 0.6) is 5.75 Å². The maximum absolute atomic E-state index is 11.7. The number of carbonyl (C=O) groups excluding carboxylic acids is 1. The van der Waals surface area contributed by atoms with Crippen molar-refractivity contribution in [2.24, 2.45) is 0 Å². The van der Waals surface area contributed by atoms with E-state index in [2.05, 4.69) is 15.5 Å². The van der Waals surface area contributed by atoms with Gasteiger partial charge in [-0.2, -0.15) is 5.10 Å². The third-order valence-electron chi connectivity index (χ3n) is 2.30. The highest BCUT2D eigenvalue weighted by atomic mass is 16.3. The van der Waals surface area contributed by atoms with E-state index in [1.54, 1.807) is 18.5 Å². The zero-order chi connectivity index (χ0) is 12.3. The van der Waals surface area contributed by atoms with E-state index in [1.165, 1.54) is 12.1 Å². The fourth-order valence-electron chi connectivity index (χ4n) is 1.34. The van der Waals surface area contributed by atoms with Crippen molar-refractivity contribution in [3.8, 4) is 5.75 Å². The maximum atomic E-state index is 11.7. The summed E-state index contributed by atoms with van der Waals surface area (Å²) < 4.78 is 0. The van der Waals surface area contributed by atoms with Crippen LogP contribution in [0.3, 0.4) is 0 Å². The van der Waals surface area contributed by atoms with Gasteiger partial charge >= 0.3 is 0 Å². The van der Waals surface area contributed by atoms with Gasteiger partial charge in [-0.15, -0.1) is 0 Å². The molecule has 0 unspecified atom stereocenters. The lowest BCUT2D eigenvalue weighted by Crippen LogP contribution is -2.22. The number of anilines is 1. The van der Waals surface area contributed by atoms with Gasteiger partial charge < -0.3 is 16.2 Å². The fourth-order valence-corrected chi connectivity index (χ4v) is 1.34. The van der Waals surface area contributed by atoms with Crippen LogP contribution in [0.2, 0.25) is 0 Å². The summed E-state index contributed by atoms with van der Waals surface area (Å²) in [7, 11) is 0. The molecule has 0 fully saturated rings. The van der Waals surface area contributed by atoms with Crippen molar-refractivity contribution >= 4 is 11.6 Å². The molecule has 0 atom stereocenters. The minimum Gasteiger partial charge on any atom is -0.506 e. The molecule has 0 bridgehead atoms. The lowest BCUT2D eigenvalue weighted by Gasteiger charge is -2.05. The van der Waals surface area contributed by atoms with Gasteiger partial charge in [0.2, 0.25) is 0 Å². The molecular weight excluding hydrogens is 220 g/mol. The molecule has 0 aliphatic heterocycles. The lowest BCUT2D eigenvalue weighted by molar-refractivity contribution is 0.0950. The highest BCUT2D eigenvalue weighted by Gasteiger charge is 2.07. The SMILES string of the molecule is Nc1ccc(C(=O)NCc2cn[nH]c2)cc1O. The summed E-state index contributed by atoms with van der Waals surface area (Å²) in [6.45, 7) is 0.375. The van der Waals surface area contributed by atoms with Crippen LogP contribution in [-0.2, 0) is 6.54 Å². The molecule has 2 rings (SSSR count). The van der Waals surface area contributed by atoms with Crippen LogP contribution in [0.1, 0.15) is 15.9 Å². The molecule has 0 saturated heterocycles. The third-order valence-corrected chi connectivity index (χ3v) is 2.30. The predicted octanol–water partition coefficient (Wildman–Crippen LogP) is 0.627. The lowest BCUT2D eigenvalue weighted by atomic mass is 10.2. The molecule has 17 heavy (non-hydrogen) atoms. The number of phenols is 1. The maximum Gasteiger partial charge on any atom is 0.251 e. The van der Waals surface area contributed by atoms with Crippen molar-refractivity contribution in [1.29, 1.82) is 0 Å². The van der Waals surface area contributed by atoms with Crippen molar-refractivity contribution in [2.75, 3.05) is 5.73 Å². The number of nitrogens with zero attached hydrogens (tertiary/aromatic N) is 1. The smallest absolute Gasteiger partial charge is 0.251 e. The van der Waals surface area contributed by atoms with E-state index in [1.807, 2.05) is 0 Å². The molecule has 88 valence electrons. The molecule has 6 heteroatoms. The topological polar surface area (TPSA) is 104 Å². The summed E-state index contributed by atoms with van der Waals surface area (Å²) in [6, 6.07) is 4.38. The van der Waals surface area contributed by atoms with Gasteiger partial charge in [-0.3, -0.25) is 9.89 Å². The van der Waals surface area contributed by atoms with Crippen molar-refractivity contribution in [3.63, 3.8) is 0 Å². The Labute approximate surface area is 97.5 Å². The molecule has 5 N–H and O–H groups in total. The highest BCUT2D eigenvalue weighted by Crippen LogP contribution is 2.20. The number of rotatable bonds is 3. The Morgan fingerprint density at radius 2 is 2.35 bits per heavy atom. The van der Waals surface area contributed by atoms with Gasteiger partial charge in [-0.25, -0.2) is 0 Å². The van der Waals surface area contributed by atoms with Crippen LogP contribution in [0.15, 0.2) is 30.6 Å². The average molecular weight is 232 g/mol. The number of aromatic nitrogens is 2. The first-order chi connectivity index (χ1) is 8.16. The van der Waals surface area contributed by atoms with Crippen molar-refractivity contribution < 1.29 is 9.90 Å². The van der Waals surface area contributed by atoms with E-state index in [0.29, 0.717) is 12.1 Å². The molecule has 2 aromatic rings. The Kier molecular flexibility index (Phi) is 2.95. The minimum atomic E-state index is -0.276. The number of carbonyl (C=O) groups is 1.